The van der Waals surface area contributed by atoms with E-state index in [4.69, 9.17) is 0 Å². The molecule has 0 saturated heterocycles. The van der Waals surface area contributed by atoms with E-state index in [1.54, 1.807) is 12.8 Å². The molecule has 3 unspecified atom stereocenters. The average Bonchev–Trinajstić information content (AvgIpc) is 2.78. The highest BCUT2D eigenvalue weighted by Gasteiger charge is 2.55. The van der Waals surface area contributed by atoms with Gasteiger partial charge in [0.05, 0.1) is 0 Å². The Kier molecular flexibility index (Phi) is 3.24. The van der Waals surface area contributed by atoms with Crippen LogP contribution in [0.4, 0.5) is 0 Å². The molecule has 3 rings (SSSR count). The summed E-state index contributed by atoms with van der Waals surface area (Å²) in [6.45, 7) is 3.46. The van der Waals surface area contributed by atoms with Gasteiger partial charge in [-0.15, -0.1) is 0 Å². The molecule has 0 aliphatic heterocycles. The second-order valence-electron chi connectivity index (χ2n) is 6.32. The van der Waals surface area contributed by atoms with Gasteiger partial charge in [-0.1, -0.05) is 32.6 Å². The molecular formula is C15H27N. The van der Waals surface area contributed by atoms with Crippen molar-refractivity contribution in [2.24, 2.45) is 23.7 Å². The molecule has 0 radical (unpaired) electrons. The van der Waals surface area contributed by atoms with Gasteiger partial charge in [-0.05, 0) is 55.9 Å². The van der Waals surface area contributed by atoms with Gasteiger partial charge in [0, 0.05) is 6.04 Å². The SMILES string of the molecule is CCNC(C1CCCC1)C1C2CCCCC21. The standard InChI is InChI=1S/C15H27N/c1-2-16-15(11-7-3-4-8-11)14-12-9-5-6-10-13(12)14/h11-16H,2-10H2,1H3. The van der Waals surface area contributed by atoms with Crippen LogP contribution < -0.4 is 5.32 Å². The topological polar surface area (TPSA) is 12.0 Å². The first kappa shape index (κ1) is 11.1. The maximum atomic E-state index is 3.84. The zero-order valence-corrected chi connectivity index (χ0v) is 10.8. The third-order valence-electron chi connectivity index (χ3n) is 5.48. The number of fused-ring (bicyclic) bond motifs is 1. The van der Waals surface area contributed by atoms with Gasteiger partial charge in [0.15, 0.2) is 0 Å². The zero-order valence-electron chi connectivity index (χ0n) is 10.8. The Morgan fingerprint density at radius 3 is 2.06 bits per heavy atom. The minimum Gasteiger partial charge on any atom is -0.314 e. The predicted molar refractivity (Wildman–Crippen MR) is 68.4 cm³/mol. The fourth-order valence-corrected chi connectivity index (χ4v) is 4.75. The average molecular weight is 221 g/mol. The molecule has 92 valence electrons. The molecule has 0 aromatic rings. The van der Waals surface area contributed by atoms with Crippen LogP contribution in [0.25, 0.3) is 0 Å². The highest BCUT2D eigenvalue weighted by Crippen LogP contribution is 2.58. The highest BCUT2D eigenvalue weighted by atomic mass is 14.9. The van der Waals surface area contributed by atoms with Crippen molar-refractivity contribution in [3.63, 3.8) is 0 Å². The van der Waals surface area contributed by atoms with E-state index in [2.05, 4.69) is 12.2 Å². The molecule has 0 spiro atoms. The van der Waals surface area contributed by atoms with Crippen molar-refractivity contribution in [3.8, 4) is 0 Å². The Hall–Kier alpha value is -0.0400. The molecule has 3 saturated carbocycles. The molecule has 1 nitrogen and oxygen atoms in total. The first-order valence-corrected chi connectivity index (χ1v) is 7.65. The Bertz CT molecular complexity index is 220. The third kappa shape index (κ3) is 1.92. The number of hydrogen-bond donors (Lipinski definition) is 1. The number of hydrogen-bond acceptors (Lipinski definition) is 1. The van der Waals surface area contributed by atoms with Crippen LogP contribution in [-0.2, 0) is 0 Å². The fourth-order valence-electron chi connectivity index (χ4n) is 4.75. The van der Waals surface area contributed by atoms with Crippen LogP contribution in [0.2, 0.25) is 0 Å². The van der Waals surface area contributed by atoms with E-state index in [1.165, 1.54) is 45.1 Å². The maximum Gasteiger partial charge on any atom is 0.0129 e. The van der Waals surface area contributed by atoms with Crippen LogP contribution in [0, 0.1) is 23.7 Å². The van der Waals surface area contributed by atoms with Crippen molar-refractivity contribution in [1.29, 1.82) is 0 Å². The van der Waals surface area contributed by atoms with Gasteiger partial charge in [0.1, 0.15) is 0 Å². The van der Waals surface area contributed by atoms with E-state index < -0.39 is 0 Å². The molecule has 16 heavy (non-hydrogen) atoms. The van der Waals surface area contributed by atoms with Gasteiger partial charge in [-0.25, -0.2) is 0 Å². The van der Waals surface area contributed by atoms with Crippen molar-refractivity contribution in [1.82, 2.24) is 5.32 Å². The lowest BCUT2D eigenvalue weighted by atomic mass is 9.92. The van der Waals surface area contributed by atoms with Crippen LogP contribution in [0.5, 0.6) is 0 Å². The lowest BCUT2D eigenvalue weighted by Crippen LogP contribution is -2.38. The maximum absolute atomic E-state index is 3.84. The minimum absolute atomic E-state index is 0.889. The van der Waals surface area contributed by atoms with Gasteiger partial charge in [0.25, 0.3) is 0 Å². The molecule has 0 amide bonds. The summed E-state index contributed by atoms with van der Waals surface area (Å²) in [7, 11) is 0. The monoisotopic (exact) mass is 221 g/mol. The molecule has 3 fully saturated rings. The van der Waals surface area contributed by atoms with E-state index >= 15 is 0 Å². The Morgan fingerprint density at radius 1 is 0.938 bits per heavy atom. The van der Waals surface area contributed by atoms with Gasteiger partial charge in [-0.3, -0.25) is 0 Å². The predicted octanol–water partition coefficient (Wildman–Crippen LogP) is 3.59. The summed E-state index contributed by atoms with van der Waals surface area (Å²) in [6.07, 6.45) is 12.1. The summed E-state index contributed by atoms with van der Waals surface area (Å²) in [6, 6.07) is 0.889. The zero-order chi connectivity index (χ0) is 11.0. The van der Waals surface area contributed by atoms with Crippen molar-refractivity contribution in [2.45, 2.75) is 64.3 Å². The normalized spacial score (nSPS) is 40.7. The largest absolute Gasteiger partial charge is 0.314 e. The summed E-state index contributed by atoms with van der Waals surface area (Å²) in [5, 5.41) is 3.84. The summed E-state index contributed by atoms with van der Waals surface area (Å²) in [4.78, 5) is 0. The summed E-state index contributed by atoms with van der Waals surface area (Å²) in [5.74, 6) is 4.35. The lowest BCUT2D eigenvalue weighted by Gasteiger charge is -2.25. The summed E-state index contributed by atoms with van der Waals surface area (Å²) < 4.78 is 0. The van der Waals surface area contributed by atoms with Gasteiger partial charge in [-0.2, -0.15) is 0 Å². The second kappa shape index (κ2) is 4.68. The fraction of sp³-hybridized carbons (Fsp3) is 1.00. The Labute approximate surface area is 100 Å². The van der Waals surface area contributed by atoms with Crippen LogP contribution in [0.3, 0.4) is 0 Å². The van der Waals surface area contributed by atoms with Crippen molar-refractivity contribution < 1.29 is 0 Å². The molecule has 0 bridgehead atoms. The summed E-state index contributed by atoms with van der Waals surface area (Å²) >= 11 is 0. The number of nitrogens with one attached hydrogen (secondary N) is 1. The van der Waals surface area contributed by atoms with Crippen LogP contribution >= 0.6 is 0 Å². The molecule has 0 aromatic heterocycles. The smallest absolute Gasteiger partial charge is 0.0129 e. The second-order valence-corrected chi connectivity index (χ2v) is 6.32. The van der Waals surface area contributed by atoms with Gasteiger partial charge in [0.2, 0.25) is 0 Å². The van der Waals surface area contributed by atoms with Gasteiger partial charge >= 0.3 is 0 Å². The van der Waals surface area contributed by atoms with E-state index in [0.29, 0.717) is 0 Å². The highest BCUT2D eigenvalue weighted by molar-refractivity contribution is 5.06. The summed E-state index contributed by atoms with van der Waals surface area (Å²) in [5.41, 5.74) is 0. The van der Waals surface area contributed by atoms with E-state index in [1.807, 2.05) is 0 Å². The molecule has 0 heterocycles. The van der Waals surface area contributed by atoms with Crippen LogP contribution in [0.15, 0.2) is 0 Å². The third-order valence-corrected chi connectivity index (χ3v) is 5.48. The molecule has 0 aromatic carbocycles. The molecule has 1 N–H and O–H groups in total. The quantitative estimate of drug-likeness (QED) is 0.765. The Morgan fingerprint density at radius 2 is 1.50 bits per heavy atom. The van der Waals surface area contributed by atoms with Gasteiger partial charge < -0.3 is 5.32 Å². The van der Waals surface area contributed by atoms with Crippen molar-refractivity contribution in [2.75, 3.05) is 6.54 Å². The van der Waals surface area contributed by atoms with Crippen LogP contribution in [0.1, 0.15) is 58.3 Å². The van der Waals surface area contributed by atoms with Crippen LogP contribution in [-0.4, -0.2) is 12.6 Å². The molecule has 3 atom stereocenters. The van der Waals surface area contributed by atoms with Crippen molar-refractivity contribution in [3.05, 3.63) is 0 Å². The molecule has 1 heteroatoms. The first-order valence-electron chi connectivity index (χ1n) is 7.65. The number of rotatable bonds is 4. The molecule has 3 aliphatic carbocycles. The van der Waals surface area contributed by atoms with E-state index in [0.717, 1.165) is 29.7 Å². The lowest BCUT2D eigenvalue weighted by molar-refractivity contribution is 0.311. The minimum atomic E-state index is 0.889. The molecular weight excluding hydrogens is 194 g/mol. The first-order chi connectivity index (χ1) is 7.92. The van der Waals surface area contributed by atoms with E-state index in [9.17, 15) is 0 Å². The Balaban J connectivity index is 1.64. The van der Waals surface area contributed by atoms with Crippen molar-refractivity contribution >= 4 is 0 Å². The molecule has 3 aliphatic rings. The van der Waals surface area contributed by atoms with E-state index in [-0.39, 0.29) is 0 Å².